The molecule has 0 bridgehead atoms. The summed E-state index contributed by atoms with van der Waals surface area (Å²) in [5.74, 6) is 6.55. The highest BCUT2D eigenvalue weighted by atomic mass is 16.5. The second-order valence-corrected chi connectivity index (χ2v) is 5.42. The number of nitrogens with one attached hydrogen (secondary N) is 1. The predicted molar refractivity (Wildman–Crippen MR) is 84.1 cm³/mol. The molecule has 21 heavy (non-hydrogen) atoms. The monoisotopic (exact) mass is 288 g/mol. The third-order valence-corrected chi connectivity index (χ3v) is 3.51. The summed E-state index contributed by atoms with van der Waals surface area (Å²) in [5, 5.41) is 4.35. The van der Waals surface area contributed by atoms with Crippen LogP contribution in [0, 0.1) is 13.8 Å². The molecule has 0 aliphatic carbocycles. The Bertz CT molecular complexity index is 579. The van der Waals surface area contributed by atoms with Gasteiger partial charge in [-0.1, -0.05) is 12.1 Å². The van der Waals surface area contributed by atoms with Gasteiger partial charge in [0.25, 0.3) is 0 Å². The van der Waals surface area contributed by atoms with Gasteiger partial charge in [0.05, 0.1) is 12.3 Å². The van der Waals surface area contributed by atoms with E-state index in [9.17, 15) is 0 Å². The Hall–Kier alpha value is -1.85. The highest BCUT2D eigenvalue weighted by molar-refractivity contribution is 5.27. The SMILES string of the molecule is Cc1cccc(OCCC(Cc2cc(C)nn2C)NN)c1. The molecular weight excluding hydrogens is 264 g/mol. The van der Waals surface area contributed by atoms with E-state index in [-0.39, 0.29) is 6.04 Å². The van der Waals surface area contributed by atoms with Crippen molar-refractivity contribution in [2.45, 2.75) is 32.7 Å². The summed E-state index contributed by atoms with van der Waals surface area (Å²) in [5.41, 5.74) is 6.26. The molecule has 114 valence electrons. The lowest BCUT2D eigenvalue weighted by Gasteiger charge is -2.16. The summed E-state index contributed by atoms with van der Waals surface area (Å²) >= 11 is 0. The number of benzene rings is 1. The topological polar surface area (TPSA) is 65.1 Å². The maximum absolute atomic E-state index is 5.77. The molecule has 3 N–H and O–H groups in total. The molecule has 0 spiro atoms. The fraction of sp³-hybridized carbons (Fsp3) is 0.438. The van der Waals surface area contributed by atoms with Crippen molar-refractivity contribution in [3.63, 3.8) is 0 Å². The van der Waals surface area contributed by atoms with Gasteiger partial charge in [0, 0.05) is 25.2 Å². The predicted octanol–water partition coefficient (Wildman–Crippen LogP) is 1.88. The lowest BCUT2D eigenvalue weighted by Crippen LogP contribution is -2.38. The van der Waals surface area contributed by atoms with Gasteiger partial charge in [0.1, 0.15) is 5.75 Å². The van der Waals surface area contributed by atoms with Crippen LogP contribution in [0.3, 0.4) is 0 Å². The first-order valence-electron chi connectivity index (χ1n) is 7.23. The Kier molecular flexibility index (Phi) is 5.36. The van der Waals surface area contributed by atoms with Crippen LogP contribution in [0.15, 0.2) is 30.3 Å². The van der Waals surface area contributed by atoms with Gasteiger partial charge in [-0.2, -0.15) is 5.10 Å². The largest absolute Gasteiger partial charge is 0.494 e. The van der Waals surface area contributed by atoms with E-state index in [0.29, 0.717) is 6.61 Å². The summed E-state index contributed by atoms with van der Waals surface area (Å²) in [6.07, 6.45) is 1.68. The van der Waals surface area contributed by atoms with Crippen LogP contribution in [-0.4, -0.2) is 22.4 Å². The first-order valence-corrected chi connectivity index (χ1v) is 7.23. The number of nitrogens with zero attached hydrogens (tertiary/aromatic N) is 2. The molecule has 5 nitrogen and oxygen atoms in total. The van der Waals surface area contributed by atoms with Gasteiger partial charge >= 0.3 is 0 Å². The van der Waals surface area contributed by atoms with E-state index in [4.69, 9.17) is 10.6 Å². The highest BCUT2D eigenvalue weighted by Crippen LogP contribution is 2.13. The number of nitrogens with two attached hydrogens (primary N) is 1. The molecule has 1 unspecified atom stereocenters. The summed E-state index contributed by atoms with van der Waals surface area (Å²) < 4.78 is 7.68. The first kappa shape index (κ1) is 15.5. The van der Waals surface area contributed by atoms with E-state index in [1.807, 2.05) is 36.9 Å². The third kappa shape index (κ3) is 4.58. The Labute approximate surface area is 126 Å². The Balaban J connectivity index is 1.84. The van der Waals surface area contributed by atoms with Crippen molar-refractivity contribution in [2.75, 3.05) is 6.61 Å². The maximum atomic E-state index is 5.77. The lowest BCUT2D eigenvalue weighted by molar-refractivity contribution is 0.284. The molecule has 0 saturated heterocycles. The summed E-state index contributed by atoms with van der Waals surface area (Å²) in [4.78, 5) is 0. The Morgan fingerprint density at radius 2 is 2.14 bits per heavy atom. The van der Waals surface area contributed by atoms with Crippen molar-refractivity contribution in [3.05, 3.63) is 47.3 Å². The van der Waals surface area contributed by atoms with Crippen LogP contribution in [-0.2, 0) is 13.5 Å². The standard InChI is InChI=1S/C16H24N4O/c1-12-5-4-6-16(9-12)21-8-7-14(18-17)11-15-10-13(2)19-20(15)3/h4-6,9-10,14,18H,7-8,11,17H2,1-3H3. The van der Waals surface area contributed by atoms with Crippen molar-refractivity contribution in [3.8, 4) is 5.75 Å². The average molecular weight is 288 g/mol. The lowest BCUT2D eigenvalue weighted by atomic mass is 10.1. The molecule has 0 aliphatic heterocycles. The number of hydrazine groups is 1. The van der Waals surface area contributed by atoms with Gasteiger partial charge in [0.2, 0.25) is 0 Å². The normalized spacial score (nSPS) is 12.4. The molecule has 0 radical (unpaired) electrons. The molecule has 0 amide bonds. The second kappa shape index (κ2) is 7.24. The quantitative estimate of drug-likeness (QED) is 0.603. The van der Waals surface area contributed by atoms with Crippen molar-refractivity contribution in [1.82, 2.24) is 15.2 Å². The molecule has 2 aromatic rings. The third-order valence-electron chi connectivity index (χ3n) is 3.51. The zero-order chi connectivity index (χ0) is 15.2. The molecule has 2 rings (SSSR count). The fourth-order valence-electron chi connectivity index (χ4n) is 2.38. The number of hydrogen-bond donors (Lipinski definition) is 2. The minimum atomic E-state index is 0.171. The zero-order valence-corrected chi connectivity index (χ0v) is 13.0. The van der Waals surface area contributed by atoms with Gasteiger partial charge in [-0.15, -0.1) is 0 Å². The fourth-order valence-corrected chi connectivity index (χ4v) is 2.38. The smallest absolute Gasteiger partial charge is 0.119 e. The minimum absolute atomic E-state index is 0.171. The van der Waals surface area contributed by atoms with Gasteiger partial charge in [-0.05, 0) is 44.0 Å². The molecule has 5 heteroatoms. The maximum Gasteiger partial charge on any atom is 0.119 e. The molecule has 0 saturated carbocycles. The van der Waals surface area contributed by atoms with E-state index >= 15 is 0 Å². The summed E-state index contributed by atoms with van der Waals surface area (Å²) in [7, 11) is 1.96. The zero-order valence-electron chi connectivity index (χ0n) is 13.0. The summed E-state index contributed by atoms with van der Waals surface area (Å²) in [6, 6.07) is 10.3. The van der Waals surface area contributed by atoms with Gasteiger partial charge in [-0.25, -0.2) is 0 Å². The number of rotatable bonds is 7. The van der Waals surface area contributed by atoms with Crippen molar-refractivity contribution in [2.24, 2.45) is 12.9 Å². The van der Waals surface area contributed by atoms with Gasteiger partial charge < -0.3 is 4.74 Å². The number of hydrogen-bond acceptors (Lipinski definition) is 4. The molecule has 1 aromatic heterocycles. The van der Waals surface area contributed by atoms with E-state index < -0.39 is 0 Å². The molecule has 1 heterocycles. The minimum Gasteiger partial charge on any atom is -0.494 e. The number of ether oxygens (including phenoxy) is 1. The van der Waals surface area contributed by atoms with Crippen LogP contribution < -0.4 is 16.0 Å². The molecule has 0 aliphatic rings. The van der Waals surface area contributed by atoms with Crippen LogP contribution in [0.25, 0.3) is 0 Å². The van der Waals surface area contributed by atoms with E-state index in [1.165, 1.54) is 11.3 Å². The number of aryl methyl sites for hydroxylation is 3. The van der Waals surface area contributed by atoms with Crippen LogP contribution in [0.1, 0.15) is 23.4 Å². The first-order chi connectivity index (χ1) is 10.1. The average Bonchev–Trinajstić information content (AvgIpc) is 2.76. The van der Waals surface area contributed by atoms with Crippen LogP contribution in [0.5, 0.6) is 5.75 Å². The van der Waals surface area contributed by atoms with E-state index in [0.717, 1.165) is 24.3 Å². The van der Waals surface area contributed by atoms with Crippen molar-refractivity contribution >= 4 is 0 Å². The van der Waals surface area contributed by atoms with Crippen molar-refractivity contribution in [1.29, 1.82) is 0 Å². The van der Waals surface area contributed by atoms with Gasteiger partial charge in [-0.3, -0.25) is 16.0 Å². The molecule has 1 aromatic carbocycles. The Morgan fingerprint density at radius 1 is 1.33 bits per heavy atom. The van der Waals surface area contributed by atoms with Crippen molar-refractivity contribution < 1.29 is 4.74 Å². The van der Waals surface area contributed by atoms with Crippen LogP contribution in [0.4, 0.5) is 0 Å². The Morgan fingerprint density at radius 3 is 2.76 bits per heavy atom. The highest BCUT2D eigenvalue weighted by Gasteiger charge is 2.11. The number of aromatic nitrogens is 2. The molecule has 1 atom stereocenters. The van der Waals surface area contributed by atoms with Gasteiger partial charge in [0.15, 0.2) is 0 Å². The van der Waals surface area contributed by atoms with E-state index in [1.54, 1.807) is 0 Å². The summed E-state index contributed by atoms with van der Waals surface area (Å²) in [6.45, 7) is 4.69. The van der Waals surface area contributed by atoms with Crippen LogP contribution in [0.2, 0.25) is 0 Å². The molecule has 0 fully saturated rings. The van der Waals surface area contributed by atoms with Crippen LogP contribution >= 0.6 is 0 Å². The molecular formula is C16H24N4O. The second-order valence-electron chi connectivity index (χ2n) is 5.42. The van der Waals surface area contributed by atoms with E-state index in [2.05, 4.69) is 29.6 Å².